The lowest BCUT2D eigenvalue weighted by atomic mass is 10.3. The number of hydrogen-bond acceptors (Lipinski definition) is 3. The average molecular weight is 215 g/mol. The monoisotopic (exact) mass is 215 g/mol. The van der Waals surface area contributed by atoms with Gasteiger partial charge in [0.15, 0.2) is 6.29 Å². The summed E-state index contributed by atoms with van der Waals surface area (Å²) >= 11 is 0. The van der Waals surface area contributed by atoms with Crippen LogP contribution < -0.4 is 0 Å². The molecule has 1 heterocycles. The van der Waals surface area contributed by atoms with Crippen LogP contribution in [0.1, 0.15) is 39.5 Å². The van der Waals surface area contributed by atoms with Crippen LogP contribution >= 0.6 is 0 Å². The summed E-state index contributed by atoms with van der Waals surface area (Å²) in [5.74, 6) is 0. The van der Waals surface area contributed by atoms with Crippen LogP contribution in [0.2, 0.25) is 0 Å². The summed E-state index contributed by atoms with van der Waals surface area (Å²) in [4.78, 5) is 2.54. The van der Waals surface area contributed by atoms with Gasteiger partial charge in [-0.1, -0.05) is 0 Å². The number of hydrogen-bond donors (Lipinski definition) is 0. The van der Waals surface area contributed by atoms with Crippen molar-refractivity contribution in [2.45, 2.75) is 45.8 Å². The van der Waals surface area contributed by atoms with Crippen molar-refractivity contribution < 1.29 is 9.47 Å². The number of ether oxygens (including phenoxy) is 2. The molecule has 0 radical (unpaired) electrons. The standard InChI is InChI=1S/C12H25NO2/c1-3-14-12(15-4-2)8-7-11-13-9-5-6-10-13/h12H,3-11H2,1-2H3. The van der Waals surface area contributed by atoms with Gasteiger partial charge in [0.25, 0.3) is 0 Å². The van der Waals surface area contributed by atoms with Crippen LogP contribution in [0.3, 0.4) is 0 Å². The van der Waals surface area contributed by atoms with Crippen LogP contribution in [-0.2, 0) is 9.47 Å². The van der Waals surface area contributed by atoms with Gasteiger partial charge in [-0.25, -0.2) is 0 Å². The van der Waals surface area contributed by atoms with E-state index in [-0.39, 0.29) is 6.29 Å². The lowest BCUT2D eigenvalue weighted by Gasteiger charge is -2.19. The molecule has 0 aromatic rings. The van der Waals surface area contributed by atoms with E-state index in [0.717, 1.165) is 19.6 Å². The fraction of sp³-hybridized carbons (Fsp3) is 1.00. The second-order valence-electron chi connectivity index (χ2n) is 4.03. The average Bonchev–Trinajstić information content (AvgIpc) is 2.71. The summed E-state index contributed by atoms with van der Waals surface area (Å²) in [5.41, 5.74) is 0. The Morgan fingerprint density at radius 2 is 1.67 bits per heavy atom. The van der Waals surface area contributed by atoms with Gasteiger partial charge in [-0.2, -0.15) is 0 Å². The summed E-state index contributed by atoms with van der Waals surface area (Å²) in [6.45, 7) is 9.31. The Bertz CT molecular complexity index is 141. The minimum absolute atomic E-state index is 0.0163. The van der Waals surface area contributed by atoms with E-state index in [1.54, 1.807) is 0 Å². The third-order valence-corrected chi connectivity index (χ3v) is 2.82. The van der Waals surface area contributed by atoms with Crippen molar-refractivity contribution in [3.63, 3.8) is 0 Å². The van der Waals surface area contributed by atoms with E-state index in [1.165, 1.54) is 38.9 Å². The molecule has 0 unspecified atom stereocenters. The molecule has 0 N–H and O–H groups in total. The minimum Gasteiger partial charge on any atom is -0.353 e. The van der Waals surface area contributed by atoms with Crippen LogP contribution in [0.5, 0.6) is 0 Å². The quantitative estimate of drug-likeness (QED) is 0.580. The molecule has 0 saturated carbocycles. The Balaban J connectivity index is 2.04. The van der Waals surface area contributed by atoms with Gasteiger partial charge in [-0.15, -0.1) is 0 Å². The van der Waals surface area contributed by atoms with Crippen molar-refractivity contribution >= 4 is 0 Å². The second-order valence-corrected chi connectivity index (χ2v) is 4.03. The lowest BCUT2D eigenvalue weighted by Crippen LogP contribution is -2.23. The molecule has 0 atom stereocenters. The zero-order valence-corrected chi connectivity index (χ0v) is 10.2. The molecule has 15 heavy (non-hydrogen) atoms. The van der Waals surface area contributed by atoms with Crippen molar-refractivity contribution in [3.8, 4) is 0 Å². The highest BCUT2D eigenvalue weighted by Gasteiger charge is 2.12. The largest absolute Gasteiger partial charge is 0.353 e. The van der Waals surface area contributed by atoms with Crippen LogP contribution in [0.25, 0.3) is 0 Å². The van der Waals surface area contributed by atoms with Gasteiger partial charge in [-0.05, 0) is 59.2 Å². The van der Waals surface area contributed by atoms with Gasteiger partial charge >= 0.3 is 0 Å². The predicted molar refractivity (Wildman–Crippen MR) is 61.9 cm³/mol. The molecule has 0 aliphatic carbocycles. The Kier molecular flexibility index (Phi) is 6.98. The van der Waals surface area contributed by atoms with Crippen molar-refractivity contribution in [1.29, 1.82) is 0 Å². The van der Waals surface area contributed by atoms with Crippen LogP contribution in [0, 0.1) is 0 Å². The first-order chi connectivity index (χ1) is 7.36. The van der Waals surface area contributed by atoms with Gasteiger partial charge in [0.2, 0.25) is 0 Å². The minimum atomic E-state index is 0.0163. The van der Waals surface area contributed by atoms with E-state index < -0.39 is 0 Å². The van der Waals surface area contributed by atoms with Gasteiger partial charge in [-0.3, -0.25) is 0 Å². The van der Waals surface area contributed by atoms with Gasteiger partial charge in [0, 0.05) is 13.2 Å². The van der Waals surface area contributed by atoms with Crippen LogP contribution in [0.4, 0.5) is 0 Å². The van der Waals surface area contributed by atoms with Gasteiger partial charge < -0.3 is 14.4 Å². The highest BCUT2D eigenvalue weighted by molar-refractivity contribution is 4.65. The molecule has 0 aromatic heterocycles. The lowest BCUT2D eigenvalue weighted by molar-refractivity contribution is -0.140. The first-order valence-electron chi connectivity index (χ1n) is 6.32. The van der Waals surface area contributed by atoms with E-state index in [2.05, 4.69) is 4.90 Å². The first-order valence-corrected chi connectivity index (χ1v) is 6.32. The molecule has 1 aliphatic rings. The maximum atomic E-state index is 5.51. The van der Waals surface area contributed by atoms with Crippen LogP contribution in [-0.4, -0.2) is 44.0 Å². The molecule has 3 heteroatoms. The van der Waals surface area contributed by atoms with Gasteiger partial charge in [0.1, 0.15) is 0 Å². The summed E-state index contributed by atoms with van der Waals surface area (Å²) in [6, 6.07) is 0. The number of nitrogens with zero attached hydrogens (tertiary/aromatic N) is 1. The molecular formula is C12H25NO2. The zero-order valence-electron chi connectivity index (χ0n) is 10.2. The van der Waals surface area contributed by atoms with E-state index in [9.17, 15) is 0 Å². The Morgan fingerprint density at radius 1 is 1.07 bits per heavy atom. The molecule has 1 fully saturated rings. The van der Waals surface area contributed by atoms with E-state index >= 15 is 0 Å². The zero-order chi connectivity index (χ0) is 10.9. The SMILES string of the molecule is CCOC(CCCN1CCCC1)OCC. The molecule has 0 amide bonds. The highest BCUT2D eigenvalue weighted by atomic mass is 16.7. The summed E-state index contributed by atoms with van der Waals surface area (Å²) in [7, 11) is 0. The Labute approximate surface area is 93.7 Å². The first kappa shape index (κ1) is 12.9. The summed E-state index contributed by atoms with van der Waals surface area (Å²) < 4.78 is 11.0. The molecule has 0 aromatic carbocycles. The van der Waals surface area contributed by atoms with Gasteiger partial charge in [0.05, 0.1) is 0 Å². The summed E-state index contributed by atoms with van der Waals surface area (Å²) in [6.07, 6.45) is 4.98. The smallest absolute Gasteiger partial charge is 0.157 e. The molecule has 1 aliphatic heterocycles. The molecule has 1 rings (SSSR count). The Hall–Kier alpha value is -0.120. The second kappa shape index (κ2) is 8.08. The molecular weight excluding hydrogens is 190 g/mol. The normalized spacial score (nSPS) is 17.8. The summed E-state index contributed by atoms with van der Waals surface area (Å²) in [5, 5.41) is 0. The number of rotatable bonds is 8. The maximum absolute atomic E-state index is 5.51. The van der Waals surface area contributed by atoms with Crippen molar-refractivity contribution in [2.75, 3.05) is 32.8 Å². The molecule has 1 saturated heterocycles. The topological polar surface area (TPSA) is 21.7 Å². The third-order valence-electron chi connectivity index (χ3n) is 2.82. The predicted octanol–water partition coefficient (Wildman–Crippen LogP) is 2.26. The Morgan fingerprint density at radius 3 is 2.20 bits per heavy atom. The van der Waals surface area contributed by atoms with E-state index in [1.807, 2.05) is 13.8 Å². The van der Waals surface area contributed by atoms with Crippen molar-refractivity contribution in [2.24, 2.45) is 0 Å². The fourth-order valence-corrected chi connectivity index (χ4v) is 2.07. The van der Waals surface area contributed by atoms with E-state index in [4.69, 9.17) is 9.47 Å². The fourth-order valence-electron chi connectivity index (χ4n) is 2.07. The molecule has 90 valence electrons. The van der Waals surface area contributed by atoms with E-state index in [0.29, 0.717) is 0 Å². The number of likely N-dealkylation sites (tertiary alicyclic amines) is 1. The highest BCUT2D eigenvalue weighted by Crippen LogP contribution is 2.10. The molecule has 3 nitrogen and oxygen atoms in total. The van der Waals surface area contributed by atoms with Crippen molar-refractivity contribution in [3.05, 3.63) is 0 Å². The van der Waals surface area contributed by atoms with Crippen LogP contribution in [0.15, 0.2) is 0 Å². The molecule has 0 bridgehead atoms. The molecule has 0 spiro atoms. The third kappa shape index (κ3) is 5.50. The maximum Gasteiger partial charge on any atom is 0.157 e. The van der Waals surface area contributed by atoms with Crippen molar-refractivity contribution in [1.82, 2.24) is 4.90 Å².